The van der Waals surface area contributed by atoms with E-state index < -0.39 is 0 Å². The van der Waals surface area contributed by atoms with Crippen molar-refractivity contribution < 1.29 is 19.1 Å². The zero-order chi connectivity index (χ0) is 19.7. The maximum atomic E-state index is 12.8. The van der Waals surface area contributed by atoms with Crippen LogP contribution in [0.2, 0.25) is 0 Å². The monoisotopic (exact) mass is 381 g/mol. The van der Waals surface area contributed by atoms with E-state index in [1.54, 1.807) is 9.80 Å². The van der Waals surface area contributed by atoms with Crippen molar-refractivity contribution in [3.63, 3.8) is 0 Å². The van der Waals surface area contributed by atoms with E-state index in [0.717, 1.165) is 22.5 Å². The van der Waals surface area contributed by atoms with E-state index in [2.05, 4.69) is 5.32 Å². The molecule has 2 aliphatic heterocycles. The van der Waals surface area contributed by atoms with Crippen LogP contribution in [0.1, 0.15) is 11.1 Å². The molecule has 0 saturated carbocycles. The van der Waals surface area contributed by atoms with Crippen LogP contribution in [0.3, 0.4) is 0 Å². The van der Waals surface area contributed by atoms with Crippen LogP contribution in [0.15, 0.2) is 36.4 Å². The van der Waals surface area contributed by atoms with Gasteiger partial charge in [0.05, 0.1) is 0 Å². The Hall–Kier alpha value is -3.22. The Bertz CT molecular complexity index is 928. The third kappa shape index (κ3) is 3.60. The molecule has 3 amide bonds. The molecule has 2 aromatic carbocycles. The zero-order valence-corrected chi connectivity index (χ0v) is 16.0. The first kappa shape index (κ1) is 18.2. The summed E-state index contributed by atoms with van der Waals surface area (Å²) >= 11 is 0. The van der Waals surface area contributed by atoms with Crippen molar-refractivity contribution in [1.82, 2.24) is 4.90 Å². The number of aryl methyl sites for hydroxylation is 2. The van der Waals surface area contributed by atoms with Crippen LogP contribution in [-0.4, -0.2) is 49.7 Å². The number of hydrogen-bond donors (Lipinski definition) is 1. The number of carbonyl (C=O) groups is 2. The number of fused-ring (bicyclic) bond motifs is 1. The molecule has 146 valence electrons. The van der Waals surface area contributed by atoms with Crippen LogP contribution >= 0.6 is 0 Å². The van der Waals surface area contributed by atoms with Crippen molar-refractivity contribution in [2.45, 2.75) is 13.8 Å². The summed E-state index contributed by atoms with van der Waals surface area (Å²) in [7, 11) is 0. The molecule has 1 N–H and O–H groups in total. The summed E-state index contributed by atoms with van der Waals surface area (Å²) < 4.78 is 11.1. The lowest BCUT2D eigenvalue weighted by atomic mass is 10.1. The fraction of sp³-hybridized carbons (Fsp3) is 0.333. The Morgan fingerprint density at radius 2 is 1.82 bits per heavy atom. The number of carbonyl (C=O) groups excluding carboxylic acids is 2. The van der Waals surface area contributed by atoms with Gasteiger partial charge in [-0.2, -0.15) is 0 Å². The van der Waals surface area contributed by atoms with E-state index in [0.29, 0.717) is 37.8 Å². The van der Waals surface area contributed by atoms with Gasteiger partial charge in [0.2, 0.25) is 5.91 Å². The first-order valence-electron chi connectivity index (χ1n) is 9.34. The largest absolute Gasteiger partial charge is 0.486 e. The van der Waals surface area contributed by atoms with Crippen LogP contribution in [0.4, 0.5) is 16.2 Å². The first-order valence-corrected chi connectivity index (χ1v) is 9.34. The van der Waals surface area contributed by atoms with Gasteiger partial charge in [0, 0.05) is 30.5 Å². The molecule has 0 atom stereocenters. The highest BCUT2D eigenvalue weighted by Gasteiger charge is 2.31. The lowest BCUT2D eigenvalue weighted by molar-refractivity contribution is -0.116. The molecule has 2 aromatic rings. The molecular weight excluding hydrogens is 358 g/mol. The van der Waals surface area contributed by atoms with Gasteiger partial charge in [-0.15, -0.1) is 0 Å². The van der Waals surface area contributed by atoms with Crippen molar-refractivity contribution in [3.8, 4) is 11.5 Å². The predicted molar refractivity (Wildman–Crippen MR) is 106 cm³/mol. The number of nitrogens with zero attached hydrogens (tertiary/aromatic N) is 2. The van der Waals surface area contributed by atoms with Crippen molar-refractivity contribution in [1.29, 1.82) is 0 Å². The molecule has 0 aliphatic carbocycles. The van der Waals surface area contributed by atoms with Crippen LogP contribution in [-0.2, 0) is 4.79 Å². The summed E-state index contributed by atoms with van der Waals surface area (Å²) in [5.41, 5.74) is 3.58. The smallest absolute Gasteiger partial charge is 0.325 e. The zero-order valence-electron chi connectivity index (χ0n) is 16.0. The second-order valence-corrected chi connectivity index (χ2v) is 7.05. The Labute approximate surface area is 163 Å². The molecule has 1 fully saturated rings. The number of nitrogens with one attached hydrogen (secondary N) is 1. The SMILES string of the molecule is Cc1ccc(C)c(NC(=O)CN2CCN(c3ccc4c(c3)OCCO4)C2=O)c1. The van der Waals surface area contributed by atoms with Crippen molar-refractivity contribution >= 4 is 23.3 Å². The number of hydrogen-bond acceptors (Lipinski definition) is 4. The highest BCUT2D eigenvalue weighted by Crippen LogP contribution is 2.35. The lowest BCUT2D eigenvalue weighted by Gasteiger charge is -2.22. The Balaban J connectivity index is 1.41. The molecule has 2 aliphatic rings. The van der Waals surface area contributed by atoms with Crippen LogP contribution < -0.4 is 19.7 Å². The molecular formula is C21H23N3O4. The van der Waals surface area contributed by atoms with E-state index >= 15 is 0 Å². The quantitative estimate of drug-likeness (QED) is 0.884. The van der Waals surface area contributed by atoms with Gasteiger partial charge >= 0.3 is 6.03 Å². The molecule has 0 spiro atoms. The second kappa shape index (κ2) is 7.42. The van der Waals surface area contributed by atoms with Crippen molar-refractivity contribution in [3.05, 3.63) is 47.5 Å². The average molecular weight is 381 g/mol. The third-order valence-corrected chi connectivity index (χ3v) is 4.93. The summed E-state index contributed by atoms with van der Waals surface area (Å²) in [6.07, 6.45) is 0. The fourth-order valence-corrected chi connectivity index (χ4v) is 3.40. The van der Waals surface area contributed by atoms with E-state index in [1.165, 1.54) is 0 Å². The topological polar surface area (TPSA) is 71.1 Å². The van der Waals surface area contributed by atoms with Crippen molar-refractivity contribution in [2.75, 3.05) is 43.1 Å². The minimum Gasteiger partial charge on any atom is -0.486 e. The molecule has 28 heavy (non-hydrogen) atoms. The van der Waals surface area contributed by atoms with Gasteiger partial charge in [-0.25, -0.2) is 4.79 Å². The minimum atomic E-state index is -0.203. The Kier molecular flexibility index (Phi) is 4.81. The number of benzene rings is 2. The van der Waals surface area contributed by atoms with Crippen LogP contribution in [0.25, 0.3) is 0 Å². The number of amides is 3. The van der Waals surface area contributed by atoms with Gasteiger partial charge in [0.15, 0.2) is 11.5 Å². The molecule has 1 saturated heterocycles. The Morgan fingerprint density at radius 1 is 1.04 bits per heavy atom. The van der Waals surface area contributed by atoms with Gasteiger partial charge in [-0.1, -0.05) is 12.1 Å². The Morgan fingerprint density at radius 3 is 2.64 bits per heavy atom. The lowest BCUT2D eigenvalue weighted by Crippen LogP contribution is -2.37. The van der Waals surface area contributed by atoms with E-state index in [1.807, 2.05) is 50.2 Å². The molecule has 0 radical (unpaired) electrons. The molecule has 7 heteroatoms. The summed E-state index contributed by atoms with van der Waals surface area (Å²) in [6.45, 7) is 5.98. The number of urea groups is 1. The van der Waals surface area contributed by atoms with E-state index in [-0.39, 0.29) is 18.5 Å². The maximum absolute atomic E-state index is 12.8. The number of rotatable bonds is 4. The van der Waals surface area contributed by atoms with Crippen LogP contribution in [0.5, 0.6) is 11.5 Å². The standard InChI is InChI=1S/C21H23N3O4/c1-14-3-4-15(2)17(11-14)22-20(25)13-23-7-8-24(21(23)26)16-5-6-18-19(12-16)28-10-9-27-18/h3-6,11-12H,7-10,13H2,1-2H3,(H,22,25). The molecule has 0 aromatic heterocycles. The molecule has 2 heterocycles. The number of ether oxygens (including phenoxy) is 2. The summed E-state index contributed by atoms with van der Waals surface area (Å²) in [5.74, 6) is 1.13. The van der Waals surface area contributed by atoms with Gasteiger partial charge in [-0.3, -0.25) is 9.69 Å². The fourth-order valence-electron chi connectivity index (χ4n) is 3.40. The molecule has 0 unspecified atom stereocenters. The number of anilines is 2. The van der Waals surface area contributed by atoms with Crippen molar-refractivity contribution in [2.24, 2.45) is 0 Å². The first-order chi connectivity index (χ1) is 13.5. The minimum absolute atomic E-state index is 0.0211. The normalized spacial score (nSPS) is 15.7. The summed E-state index contributed by atoms with van der Waals surface area (Å²) in [6, 6.07) is 11.2. The van der Waals surface area contributed by atoms with E-state index in [9.17, 15) is 9.59 Å². The second-order valence-electron chi connectivity index (χ2n) is 7.05. The highest BCUT2D eigenvalue weighted by atomic mass is 16.6. The van der Waals surface area contributed by atoms with Gasteiger partial charge in [0.25, 0.3) is 0 Å². The third-order valence-electron chi connectivity index (χ3n) is 4.93. The summed E-state index contributed by atoms with van der Waals surface area (Å²) in [5, 5.41) is 2.91. The van der Waals surface area contributed by atoms with Crippen LogP contribution in [0, 0.1) is 13.8 Å². The molecule has 4 rings (SSSR count). The van der Waals surface area contributed by atoms with E-state index in [4.69, 9.17) is 9.47 Å². The molecule has 7 nitrogen and oxygen atoms in total. The molecule has 0 bridgehead atoms. The van der Waals surface area contributed by atoms with Gasteiger partial charge < -0.3 is 19.7 Å². The maximum Gasteiger partial charge on any atom is 0.325 e. The predicted octanol–water partition coefficient (Wildman–Crippen LogP) is 2.96. The van der Waals surface area contributed by atoms with Gasteiger partial charge in [-0.05, 0) is 43.2 Å². The summed E-state index contributed by atoms with van der Waals surface area (Å²) in [4.78, 5) is 28.4. The van der Waals surface area contributed by atoms with Gasteiger partial charge in [0.1, 0.15) is 19.8 Å². The highest BCUT2D eigenvalue weighted by molar-refractivity contribution is 5.99. The average Bonchev–Trinajstić information content (AvgIpc) is 3.04.